The van der Waals surface area contributed by atoms with E-state index in [0.717, 1.165) is 11.8 Å². The average molecular weight is 176 g/mol. The van der Waals surface area contributed by atoms with Crippen LogP contribution in [0.2, 0.25) is 0 Å². The lowest BCUT2D eigenvalue weighted by atomic mass is 9.76. The first-order valence-corrected chi connectivity index (χ1v) is 4.67. The average Bonchev–Trinajstić information content (AvgIpc) is 2.05. The molecule has 0 radical (unpaired) electrons. The van der Waals surface area contributed by atoms with E-state index in [1.165, 1.54) is 45.2 Å². The molecule has 1 heterocycles. The maximum atomic E-state index is 3.48. The fraction of sp³-hybridized carbons (Fsp3) is 1.00. The topological polar surface area (TPSA) is 12.0 Å². The first-order chi connectivity index (χ1) is 4.97. The van der Waals surface area contributed by atoms with Crippen molar-refractivity contribution in [3.63, 3.8) is 0 Å². The summed E-state index contributed by atoms with van der Waals surface area (Å²) >= 11 is 0. The summed E-state index contributed by atoms with van der Waals surface area (Å²) in [4.78, 5) is 0. The summed E-state index contributed by atoms with van der Waals surface area (Å²) in [6.07, 6.45) is 7.46. The standard InChI is InChI=1S/C9H17N.ClH/c1-2-4-9-7-10-6-5-8(9)3-1;/h8-10H,1-7H2;1H. The van der Waals surface area contributed by atoms with Gasteiger partial charge in [0.25, 0.3) is 0 Å². The van der Waals surface area contributed by atoms with Crippen molar-refractivity contribution in [1.82, 2.24) is 5.32 Å². The second-order valence-electron chi connectivity index (χ2n) is 3.80. The lowest BCUT2D eigenvalue weighted by Gasteiger charge is -2.35. The van der Waals surface area contributed by atoms with Gasteiger partial charge in [0.2, 0.25) is 0 Å². The zero-order chi connectivity index (χ0) is 6.81. The molecular formula is C9H18ClN. The largest absolute Gasteiger partial charge is 0.316 e. The van der Waals surface area contributed by atoms with Crippen LogP contribution in [-0.4, -0.2) is 13.1 Å². The highest BCUT2D eigenvalue weighted by Crippen LogP contribution is 2.33. The van der Waals surface area contributed by atoms with Crippen LogP contribution in [0.1, 0.15) is 32.1 Å². The summed E-state index contributed by atoms with van der Waals surface area (Å²) in [5.41, 5.74) is 0. The molecule has 2 atom stereocenters. The molecule has 1 saturated heterocycles. The number of piperidine rings is 1. The zero-order valence-electron chi connectivity index (χ0n) is 7.01. The molecule has 66 valence electrons. The van der Waals surface area contributed by atoms with Gasteiger partial charge in [-0.15, -0.1) is 12.4 Å². The summed E-state index contributed by atoms with van der Waals surface area (Å²) in [7, 11) is 0. The predicted molar refractivity (Wildman–Crippen MR) is 50.2 cm³/mol. The minimum atomic E-state index is 0. The van der Waals surface area contributed by atoms with Gasteiger partial charge in [-0.3, -0.25) is 0 Å². The minimum absolute atomic E-state index is 0. The summed E-state index contributed by atoms with van der Waals surface area (Å²) < 4.78 is 0. The molecule has 0 spiro atoms. The molecule has 1 nitrogen and oxygen atoms in total. The van der Waals surface area contributed by atoms with Gasteiger partial charge in [-0.2, -0.15) is 0 Å². The normalized spacial score (nSPS) is 37.1. The summed E-state index contributed by atoms with van der Waals surface area (Å²) in [5, 5.41) is 3.48. The van der Waals surface area contributed by atoms with Crippen molar-refractivity contribution in [3.8, 4) is 0 Å². The van der Waals surface area contributed by atoms with Crippen LogP contribution in [0, 0.1) is 11.8 Å². The van der Waals surface area contributed by atoms with Crippen molar-refractivity contribution in [3.05, 3.63) is 0 Å². The number of fused-ring (bicyclic) bond motifs is 1. The molecule has 0 bridgehead atoms. The number of halogens is 1. The lowest BCUT2D eigenvalue weighted by Crippen LogP contribution is -2.38. The second kappa shape index (κ2) is 4.32. The first kappa shape index (κ1) is 9.34. The molecule has 2 fully saturated rings. The van der Waals surface area contributed by atoms with E-state index in [9.17, 15) is 0 Å². The van der Waals surface area contributed by atoms with E-state index in [-0.39, 0.29) is 12.4 Å². The Labute approximate surface area is 75.4 Å². The maximum Gasteiger partial charge on any atom is -0.00179 e. The highest BCUT2D eigenvalue weighted by molar-refractivity contribution is 5.85. The Morgan fingerprint density at radius 3 is 2.36 bits per heavy atom. The molecule has 1 aliphatic heterocycles. The number of nitrogens with one attached hydrogen (secondary N) is 1. The van der Waals surface area contributed by atoms with Gasteiger partial charge in [-0.1, -0.05) is 19.3 Å². The zero-order valence-corrected chi connectivity index (χ0v) is 7.83. The van der Waals surface area contributed by atoms with E-state index >= 15 is 0 Å². The van der Waals surface area contributed by atoms with Crippen LogP contribution in [0.5, 0.6) is 0 Å². The molecule has 1 N–H and O–H groups in total. The van der Waals surface area contributed by atoms with Crippen molar-refractivity contribution in [2.24, 2.45) is 11.8 Å². The van der Waals surface area contributed by atoms with Gasteiger partial charge in [0.1, 0.15) is 0 Å². The van der Waals surface area contributed by atoms with Crippen molar-refractivity contribution < 1.29 is 0 Å². The van der Waals surface area contributed by atoms with Crippen LogP contribution >= 0.6 is 12.4 Å². The third-order valence-electron chi connectivity index (χ3n) is 3.16. The van der Waals surface area contributed by atoms with Gasteiger partial charge in [0.15, 0.2) is 0 Å². The van der Waals surface area contributed by atoms with Gasteiger partial charge >= 0.3 is 0 Å². The highest BCUT2D eigenvalue weighted by atomic mass is 35.5. The Kier molecular flexibility index (Phi) is 3.67. The quantitative estimate of drug-likeness (QED) is 0.596. The van der Waals surface area contributed by atoms with Crippen LogP contribution in [0.25, 0.3) is 0 Å². The predicted octanol–water partition coefficient (Wildman–Crippen LogP) is 2.21. The van der Waals surface area contributed by atoms with E-state index in [4.69, 9.17) is 0 Å². The van der Waals surface area contributed by atoms with Gasteiger partial charge < -0.3 is 5.32 Å². The molecular weight excluding hydrogens is 158 g/mol. The van der Waals surface area contributed by atoms with Crippen molar-refractivity contribution in [2.45, 2.75) is 32.1 Å². The molecule has 1 saturated carbocycles. The van der Waals surface area contributed by atoms with E-state index in [1.54, 1.807) is 0 Å². The van der Waals surface area contributed by atoms with Crippen LogP contribution in [0.4, 0.5) is 0 Å². The maximum absolute atomic E-state index is 3.48. The Hall–Kier alpha value is 0.250. The lowest BCUT2D eigenvalue weighted by molar-refractivity contribution is 0.185. The molecule has 1 aliphatic carbocycles. The van der Waals surface area contributed by atoms with Crippen LogP contribution in [0.3, 0.4) is 0 Å². The molecule has 11 heavy (non-hydrogen) atoms. The number of rotatable bonds is 0. The fourth-order valence-corrected chi connectivity index (χ4v) is 2.51. The van der Waals surface area contributed by atoms with E-state index < -0.39 is 0 Å². The number of hydrogen-bond acceptors (Lipinski definition) is 1. The van der Waals surface area contributed by atoms with Gasteiger partial charge in [0, 0.05) is 0 Å². The molecule has 0 aromatic rings. The Balaban J connectivity index is 0.000000605. The summed E-state index contributed by atoms with van der Waals surface area (Å²) in [5.74, 6) is 2.14. The van der Waals surface area contributed by atoms with Crippen LogP contribution in [0.15, 0.2) is 0 Å². The monoisotopic (exact) mass is 175 g/mol. The Morgan fingerprint density at radius 1 is 0.909 bits per heavy atom. The molecule has 0 aromatic heterocycles. The van der Waals surface area contributed by atoms with Gasteiger partial charge in [-0.05, 0) is 37.8 Å². The van der Waals surface area contributed by atoms with Gasteiger partial charge in [0.05, 0.1) is 0 Å². The molecule has 0 amide bonds. The fourth-order valence-electron chi connectivity index (χ4n) is 2.51. The minimum Gasteiger partial charge on any atom is -0.316 e. The summed E-state index contributed by atoms with van der Waals surface area (Å²) in [6, 6.07) is 0. The smallest absolute Gasteiger partial charge is 0.00179 e. The molecule has 2 aliphatic rings. The Bertz CT molecular complexity index is 90.1. The van der Waals surface area contributed by atoms with Crippen LogP contribution < -0.4 is 5.32 Å². The third kappa shape index (κ3) is 2.09. The second-order valence-corrected chi connectivity index (χ2v) is 3.80. The van der Waals surface area contributed by atoms with E-state index in [0.29, 0.717) is 0 Å². The van der Waals surface area contributed by atoms with Crippen molar-refractivity contribution >= 4 is 12.4 Å². The first-order valence-electron chi connectivity index (χ1n) is 4.67. The Morgan fingerprint density at radius 2 is 1.64 bits per heavy atom. The van der Waals surface area contributed by atoms with Crippen LogP contribution in [-0.2, 0) is 0 Å². The number of hydrogen-bond donors (Lipinski definition) is 1. The molecule has 0 aromatic carbocycles. The molecule has 2 heteroatoms. The SMILES string of the molecule is C1CCC2CNCCC2C1.Cl. The van der Waals surface area contributed by atoms with E-state index in [1.807, 2.05) is 0 Å². The third-order valence-corrected chi connectivity index (χ3v) is 3.16. The van der Waals surface area contributed by atoms with Crippen molar-refractivity contribution in [1.29, 1.82) is 0 Å². The highest BCUT2D eigenvalue weighted by Gasteiger charge is 2.26. The van der Waals surface area contributed by atoms with Gasteiger partial charge in [-0.25, -0.2) is 0 Å². The van der Waals surface area contributed by atoms with E-state index in [2.05, 4.69) is 5.32 Å². The molecule has 2 rings (SSSR count). The van der Waals surface area contributed by atoms with Crippen molar-refractivity contribution in [2.75, 3.05) is 13.1 Å². The molecule has 2 unspecified atom stereocenters. The summed E-state index contributed by atoms with van der Waals surface area (Å²) in [6.45, 7) is 2.59.